The van der Waals surface area contributed by atoms with E-state index in [1.807, 2.05) is 6.92 Å². The minimum absolute atomic E-state index is 0.356. The first kappa shape index (κ1) is 15.8. The normalized spacial score (nSPS) is 26.7. The van der Waals surface area contributed by atoms with Crippen molar-refractivity contribution in [2.24, 2.45) is 5.92 Å². The number of carboxylic acids is 1. The van der Waals surface area contributed by atoms with Crippen molar-refractivity contribution in [1.29, 1.82) is 0 Å². The van der Waals surface area contributed by atoms with Crippen molar-refractivity contribution in [3.8, 4) is 0 Å². The second kappa shape index (κ2) is 7.36. The van der Waals surface area contributed by atoms with Crippen molar-refractivity contribution in [2.45, 2.75) is 64.3 Å². The highest BCUT2D eigenvalue weighted by molar-refractivity contribution is 5.86. The first-order valence-electron chi connectivity index (χ1n) is 7.33. The van der Waals surface area contributed by atoms with Gasteiger partial charge >= 0.3 is 12.0 Å². The van der Waals surface area contributed by atoms with Crippen molar-refractivity contribution in [3.63, 3.8) is 0 Å². The summed E-state index contributed by atoms with van der Waals surface area (Å²) in [6, 6.07) is -0.356. The number of amides is 2. The van der Waals surface area contributed by atoms with Crippen molar-refractivity contribution < 1.29 is 14.7 Å². The number of hydrogen-bond donors (Lipinski definition) is 3. The fourth-order valence-electron chi connectivity index (χ4n) is 2.61. The van der Waals surface area contributed by atoms with Gasteiger partial charge < -0.3 is 15.7 Å². The van der Waals surface area contributed by atoms with Crippen molar-refractivity contribution in [1.82, 2.24) is 10.6 Å². The summed E-state index contributed by atoms with van der Waals surface area (Å²) in [7, 11) is 0. The fourth-order valence-corrected chi connectivity index (χ4v) is 2.61. The fraction of sp³-hybridized carbons (Fsp3) is 0.857. The Morgan fingerprint density at radius 1 is 1.26 bits per heavy atom. The molecule has 0 saturated heterocycles. The minimum Gasteiger partial charge on any atom is -0.480 e. The standard InChI is InChI=1S/C14H26N2O3/c1-3-5-10-15-13(19)16-14(12(17)18)8-6-11(4-2)7-9-14/h11H,3-10H2,1-2H3,(H,17,18)(H2,15,16,19). The number of urea groups is 1. The third-order valence-electron chi connectivity index (χ3n) is 4.11. The van der Waals surface area contributed by atoms with E-state index in [2.05, 4.69) is 17.6 Å². The zero-order valence-corrected chi connectivity index (χ0v) is 12.0. The Balaban J connectivity index is 2.53. The highest BCUT2D eigenvalue weighted by Gasteiger charge is 2.42. The molecule has 0 heterocycles. The van der Waals surface area contributed by atoms with Crippen LogP contribution in [0.1, 0.15) is 58.8 Å². The number of rotatable bonds is 6. The molecule has 1 aliphatic rings. The number of hydrogen-bond acceptors (Lipinski definition) is 2. The van der Waals surface area contributed by atoms with Gasteiger partial charge in [0.15, 0.2) is 0 Å². The number of carbonyl (C=O) groups is 2. The van der Waals surface area contributed by atoms with E-state index in [0.29, 0.717) is 25.3 Å². The number of carboxylic acid groups (broad SMARTS) is 1. The Bertz CT molecular complexity index is 310. The van der Waals surface area contributed by atoms with E-state index in [-0.39, 0.29) is 6.03 Å². The molecule has 3 N–H and O–H groups in total. The van der Waals surface area contributed by atoms with Gasteiger partial charge in [0.25, 0.3) is 0 Å². The van der Waals surface area contributed by atoms with Gasteiger partial charge in [-0.15, -0.1) is 0 Å². The zero-order chi connectivity index (χ0) is 14.3. The summed E-state index contributed by atoms with van der Waals surface area (Å²) < 4.78 is 0. The summed E-state index contributed by atoms with van der Waals surface area (Å²) >= 11 is 0. The van der Waals surface area contributed by atoms with Crippen LogP contribution in [0.5, 0.6) is 0 Å². The summed E-state index contributed by atoms with van der Waals surface area (Å²) in [6.45, 7) is 4.77. The maximum absolute atomic E-state index is 11.8. The molecule has 0 aromatic heterocycles. The van der Waals surface area contributed by atoms with Crippen LogP contribution >= 0.6 is 0 Å². The highest BCUT2D eigenvalue weighted by Crippen LogP contribution is 2.33. The highest BCUT2D eigenvalue weighted by atomic mass is 16.4. The second-order valence-electron chi connectivity index (χ2n) is 5.47. The third-order valence-corrected chi connectivity index (χ3v) is 4.11. The first-order chi connectivity index (χ1) is 9.04. The summed E-state index contributed by atoms with van der Waals surface area (Å²) in [6.07, 6.45) is 5.80. The van der Waals surface area contributed by atoms with Crippen LogP contribution in [-0.4, -0.2) is 29.2 Å². The predicted octanol–water partition coefficient (Wildman–Crippen LogP) is 2.51. The quantitative estimate of drug-likeness (QED) is 0.649. The van der Waals surface area contributed by atoms with Crippen LogP contribution in [0.2, 0.25) is 0 Å². The zero-order valence-electron chi connectivity index (χ0n) is 12.0. The lowest BCUT2D eigenvalue weighted by atomic mass is 9.75. The molecule has 2 amide bonds. The van der Waals surface area contributed by atoms with Gasteiger partial charge in [0.1, 0.15) is 5.54 Å². The molecule has 19 heavy (non-hydrogen) atoms. The van der Waals surface area contributed by atoms with Gasteiger partial charge in [-0.25, -0.2) is 9.59 Å². The molecule has 0 aromatic rings. The Labute approximate surface area is 115 Å². The van der Waals surface area contributed by atoms with Crippen LogP contribution in [0, 0.1) is 5.92 Å². The molecule has 5 nitrogen and oxygen atoms in total. The maximum atomic E-state index is 11.8. The van der Waals surface area contributed by atoms with Crippen molar-refractivity contribution >= 4 is 12.0 Å². The lowest BCUT2D eigenvalue weighted by Crippen LogP contribution is -2.58. The van der Waals surface area contributed by atoms with E-state index in [1.165, 1.54) is 0 Å². The molecule has 0 radical (unpaired) electrons. The van der Waals surface area contributed by atoms with E-state index in [1.54, 1.807) is 0 Å². The number of aliphatic carboxylic acids is 1. The van der Waals surface area contributed by atoms with Gasteiger partial charge in [0, 0.05) is 6.54 Å². The molecule has 0 bridgehead atoms. The minimum atomic E-state index is -1.07. The van der Waals surface area contributed by atoms with Gasteiger partial charge in [-0.3, -0.25) is 0 Å². The summed E-state index contributed by atoms with van der Waals surface area (Å²) in [5.74, 6) is -0.315. The van der Waals surface area contributed by atoms with E-state index in [9.17, 15) is 14.7 Å². The van der Waals surface area contributed by atoms with E-state index in [0.717, 1.165) is 32.1 Å². The molecule has 0 spiro atoms. The van der Waals surface area contributed by atoms with Gasteiger partial charge in [-0.1, -0.05) is 26.7 Å². The molecule has 1 fully saturated rings. The molecule has 0 aliphatic heterocycles. The van der Waals surface area contributed by atoms with Crippen LogP contribution in [0.3, 0.4) is 0 Å². The molecule has 0 atom stereocenters. The molecule has 1 saturated carbocycles. The van der Waals surface area contributed by atoms with E-state index >= 15 is 0 Å². The summed E-state index contributed by atoms with van der Waals surface area (Å²) in [5, 5.41) is 14.8. The van der Waals surface area contributed by atoms with E-state index < -0.39 is 11.5 Å². The average Bonchev–Trinajstić information content (AvgIpc) is 2.39. The van der Waals surface area contributed by atoms with Gasteiger partial charge in [-0.05, 0) is 38.0 Å². The lowest BCUT2D eigenvalue weighted by Gasteiger charge is -2.37. The molecular formula is C14H26N2O3. The number of unbranched alkanes of at least 4 members (excludes halogenated alkanes) is 1. The Morgan fingerprint density at radius 3 is 2.37 bits per heavy atom. The first-order valence-corrected chi connectivity index (χ1v) is 7.33. The summed E-state index contributed by atoms with van der Waals surface area (Å²) in [4.78, 5) is 23.3. The Morgan fingerprint density at radius 2 is 1.89 bits per heavy atom. The average molecular weight is 270 g/mol. The largest absolute Gasteiger partial charge is 0.480 e. The third kappa shape index (κ3) is 4.40. The van der Waals surface area contributed by atoms with Crippen LogP contribution in [-0.2, 0) is 4.79 Å². The maximum Gasteiger partial charge on any atom is 0.329 e. The van der Waals surface area contributed by atoms with Gasteiger partial charge in [-0.2, -0.15) is 0 Å². The smallest absolute Gasteiger partial charge is 0.329 e. The van der Waals surface area contributed by atoms with E-state index in [4.69, 9.17) is 0 Å². The SMILES string of the molecule is CCCCNC(=O)NC1(C(=O)O)CCC(CC)CC1. The molecular weight excluding hydrogens is 244 g/mol. The summed E-state index contributed by atoms with van der Waals surface area (Å²) in [5.41, 5.74) is -1.07. The van der Waals surface area contributed by atoms with Gasteiger partial charge in [0.05, 0.1) is 0 Å². The number of nitrogens with one attached hydrogen (secondary N) is 2. The number of carbonyl (C=O) groups excluding carboxylic acids is 1. The molecule has 1 aliphatic carbocycles. The molecule has 0 aromatic carbocycles. The lowest BCUT2D eigenvalue weighted by molar-refractivity contribution is -0.146. The van der Waals surface area contributed by atoms with Gasteiger partial charge in [0.2, 0.25) is 0 Å². The second-order valence-corrected chi connectivity index (χ2v) is 5.47. The monoisotopic (exact) mass is 270 g/mol. The van der Waals surface area contributed by atoms with Crippen LogP contribution in [0.15, 0.2) is 0 Å². The molecule has 110 valence electrons. The molecule has 0 unspecified atom stereocenters. The Hall–Kier alpha value is -1.26. The van der Waals surface area contributed by atoms with Crippen molar-refractivity contribution in [3.05, 3.63) is 0 Å². The van der Waals surface area contributed by atoms with Crippen LogP contribution < -0.4 is 10.6 Å². The molecule has 5 heteroatoms. The van der Waals surface area contributed by atoms with Crippen LogP contribution in [0.25, 0.3) is 0 Å². The molecule has 1 rings (SSSR count). The van der Waals surface area contributed by atoms with Crippen LogP contribution in [0.4, 0.5) is 4.79 Å². The Kier molecular flexibility index (Phi) is 6.12. The predicted molar refractivity (Wildman–Crippen MR) is 74.1 cm³/mol. The topological polar surface area (TPSA) is 78.4 Å². The van der Waals surface area contributed by atoms with Crippen molar-refractivity contribution in [2.75, 3.05) is 6.54 Å².